The SMILES string of the molecule is COc1c(OC(C)c2ccccc2)ccc(F)c1C#N. The molecule has 0 amide bonds. The molecule has 0 aliphatic carbocycles. The van der Waals surface area contributed by atoms with Crippen LogP contribution in [0.15, 0.2) is 42.5 Å². The number of nitriles is 1. The molecule has 0 radical (unpaired) electrons. The molecule has 2 aromatic rings. The first kappa shape index (κ1) is 13.9. The molecule has 2 rings (SSSR count). The van der Waals surface area contributed by atoms with Gasteiger partial charge in [-0.05, 0) is 24.6 Å². The quantitative estimate of drug-likeness (QED) is 0.848. The van der Waals surface area contributed by atoms with Crippen LogP contribution >= 0.6 is 0 Å². The second-order valence-corrected chi connectivity index (χ2v) is 4.24. The van der Waals surface area contributed by atoms with Gasteiger partial charge in [0.2, 0.25) is 0 Å². The van der Waals surface area contributed by atoms with Crippen molar-refractivity contribution in [2.45, 2.75) is 13.0 Å². The Morgan fingerprint density at radius 1 is 1.15 bits per heavy atom. The summed E-state index contributed by atoms with van der Waals surface area (Å²) in [5, 5.41) is 8.98. The van der Waals surface area contributed by atoms with Gasteiger partial charge in [-0.25, -0.2) is 4.39 Å². The largest absolute Gasteiger partial charge is 0.491 e. The molecule has 0 fully saturated rings. The second-order valence-electron chi connectivity index (χ2n) is 4.24. The van der Waals surface area contributed by atoms with Gasteiger partial charge in [0, 0.05) is 0 Å². The number of hydrogen-bond donors (Lipinski definition) is 0. The molecule has 0 aromatic heterocycles. The van der Waals surface area contributed by atoms with E-state index in [-0.39, 0.29) is 17.4 Å². The molecule has 4 heteroatoms. The maximum Gasteiger partial charge on any atom is 0.181 e. The Morgan fingerprint density at radius 2 is 1.85 bits per heavy atom. The van der Waals surface area contributed by atoms with E-state index in [1.807, 2.05) is 37.3 Å². The van der Waals surface area contributed by atoms with Gasteiger partial charge in [0.1, 0.15) is 23.6 Å². The van der Waals surface area contributed by atoms with Gasteiger partial charge >= 0.3 is 0 Å². The van der Waals surface area contributed by atoms with Crippen molar-refractivity contribution in [3.8, 4) is 17.6 Å². The predicted molar refractivity (Wildman–Crippen MR) is 73.2 cm³/mol. The minimum Gasteiger partial charge on any atom is -0.491 e. The number of ether oxygens (including phenoxy) is 2. The van der Waals surface area contributed by atoms with Crippen molar-refractivity contribution in [1.29, 1.82) is 5.26 Å². The minimum absolute atomic E-state index is 0.121. The summed E-state index contributed by atoms with van der Waals surface area (Å²) in [6, 6.07) is 14.1. The Labute approximate surface area is 117 Å². The summed E-state index contributed by atoms with van der Waals surface area (Å²) < 4.78 is 24.4. The highest BCUT2D eigenvalue weighted by molar-refractivity contribution is 5.53. The van der Waals surface area contributed by atoms with Gasteiger partial charge < -0.3 is 9.47 Å². The average Bonchev–Trinajstić information content (AvgIpc) is 2.49. The lowest BCUT2D eigenvalue weighted by Gasteiger charge is -2.18. The third-order valence-corrected chi connectivity index (χ3v) is 2.96. The van der Waals surface area contributed by atoms with Crippen molar-refractivity contribution in [3.63, 3.8) is 0 Å². The third-order valence-electron chi connectivity index (χ3n) is 2.96. The molecular formula is C16H14FNO2. The number of hydrogen-bond acceptors (Lipinski definition) is 3. The van der Waals surface area contributed by atoms with Gasteiger partial charge in [0.15, 0.2) is 11.5 Å². The summed E-state index contributed by atoms with van der Waals surface area (Å²) in [6.07, 6.45) is -0.234. The molecular weight excluding hydrogens is 257 g/mol. The summed E-state index contributed by atoms with van der Waals surface area (Å²) in [7, 11) is 1.38. The lowest BCUT2D eigenvalue weighted by molar-refractivity contribution is 0.215. The van der Waals surface area contributed by atoms with Crippen molar-refractivity contribution in [3.05, 3.63) is 59.4 Å². The standard InChI is InChI=1S/C16H14FNO2/c1-11(12-6-4-3-5-7-12)20-15-9-8-14(17)13(10-18)16(15)19-2/h3-9,11H,1-2H3. The molecule has 0 aliphatic rings. The fraction of sp³-hybridized carbons (Fsp3) is 0.188. The van der Waals surface area contributed by atoms with Crippen molar-refractivity contribution in [2.75, 3.05) is 7.11 Å². The van der Waals surface area contributed by atoms with Crippen LogP contribution in [0.5, 0.6) is 11.5 Å². The lowest BCUT2D eigenvalue weighted by atomic mass is 10.1. The van der Waals surface area contributed by atoms with E-state index in [1.165, 1.54) is 19.2 Å². The molecule has 0 saturated heterocycles. The summed E-state index contributed by atoms with van der Waals surface area (Å²) in [4.78, 5) is 0. The Hall–Kier alpha value is -2.54. The maximum absolute atomic E-state index is 13.5. The first-order chi connectivity index (χ1) is 9.67. The zero-order chi connectivity index (χ0) is 14.5. The van der Waals surface area contributed by atoms with Crippen LogP contribution < -0.4 is 9.47 Å². The third kappa shape index (κ3) is 2.72. The van der Waals surface area contributed by atoms with Crippen LogP contribution in [-0.2, 0) is 0 Å². The smallest absolute Gasteiger partial charge is 0.181 e. The molecule has 20 heavy (non-hydrogen) atoms. The van der Waals surface area contributed by atoms with Crippen molar-refractivity contribution >= 4 is 0 Å². The average molecular weight is 271 g/mol. The van der Waals surface area contributed by atoms with E-state index in [1.54, 1.807) is 6.07 Å². The fourth-order valence-corrected chi connectivity index (χ4v) is 1.92. The van der Waals surface area contributed by atoms with Crippen molar-refractivity contribution < 1.29 is 13.9 Å². The highest BCUT2D eigenvalue weighted by atomic mass is 19.1. The predicted octanol–water partition coefficient (Wildman–Crippen LogP) is 3.85. The van der Waals surface area contributed by atoms with Gasteiger partial charge in [0.25, 0.3) is 0 Å². The monoisotopic (exact) mass is 271 g/mol. The summed E-state index contributed by atoms with van der Waals surface area (Å²) in [6.45, 7) is 1.88. The maximum atomic E-state index is 13.5. The Kier molecular flexibility index (Phi) is 4.21. The van der Waals surface area contributed by atoms with Crippen LogP contribution in [-0.4, -0.2) is 7.11 Å². The number of nitrogens with zero attached hydrogens (tertiary/aromatic N) is 1. The van der Waals surface area contributed by atoms with Gasteiger partial charge in [0.05, 0.1) is 7.11 Å². The van der Waals surface area contributed by atoms with Crippen molar-refractivity contribution in [1.82, 2.24) is 0 Å². The van der Waals surface area contributed by atoms with Gasteiger partial charge in [-0.2, -0.15) is 5.26 Å². The zero-order valence-corrected chi connectivity index (χ0v) is 11.3. The summed E-state index contributed by atoms with van der Waals surface area (Å²) in [5.74, 6) is -0.152. The van der Waals surface area contributed by atoms with E-state index in [2.05, 4.69) is 0 Å². The molecule has 102 valence electrons. The van der Waals surface area contributed by atoms with Gasteiger partial charge in [-0.1, -0.05) is 30.3 Å². The first-order valence-electron chi connectivity index (χ1n) is 6.15. The molecule has 0 saturated carbocycles. The van der Waals surface area contributed by atoms with Crippen LogP contribution in [0.2, 0.25) is 0 Å². The lowest BCUT2D eigenvalue weighted by Crippen LogP contribution is -2.05. The molecule has 1 atom stereocenters. The second kappa shape index (κ2) is 6.07. The molecule has 0 aliphatic heterocycles. The van der Waals surface area contributed by atoms with Crippen LogP contribution in [0.3, 0.4) is 0 Å². The molecule has 1 unspecified atom stereocenters. The summed E-state index contributed by atoms with van der Waals surface area (Å²) in [5.41, 5.74) is 0.836. The summed E-state index contributed by atoms with van der Waals surface area (Å²) >= 11 is 0. The van der Waals surface area contributed by atoms with Crippen LogP contribution in [0, 0.1) is 17.1 Å². The number of halogens is 1. The van der Waals surface area contributed by atoms with Crippen LogP contribution in [0.4, 0.5) is 4.39 Å². The number of methoxy groups -OCH3 is 1. The number of benzene rings is 2. The molecule has 0 spiro atoms. The van der Waals surface area contributed by atoms with E-state index < -0.39 is 5.82 Å². The molecule has 2 aromatic carbocycles. The van der Waals surface area contributed by atoms with E-state index in [0.29, 0.717) is 5.75 Å². The van der Waals surface area contributed by atoms with Crippen LogP contribution in [0.1, 0.15) is 24.2 Å². The van der Waals surface area contributed by atoms with E-state index >= 15 is 0 Å². The zero-order valence-electron chi connectivity index (χ0n) is 11.3. The number of rotatable bonds is 4. The van der Waals surface area contributed by atoms with Crippen molar-refractivity contribution in [2.24, 2.45) is 0 Å². The van der Waals surface area contributed by atoms with E-state index in [4.69, 9.17) is 14.7 Å². The minimum atomic E-state index is -0.621. The Balaban J connectivity index is 2.33. The van der Waals surface area contributed by atoms with Gasteiger partial charge in [-0.3, -0.25) is 0 Å². The molecule has 0 N–H and O–H groups in total. The van der Waals surface area contributed by atoms with E-state index in [9.17, 15) is 4.39 Å². The Morgan fingerprint density at radius 3 is 2.45 bits per heavy atom. The Bertz CT molecular complexity index is 635. The molecule has 0 heterocycles. The molecule has 0 bridgehead atoms. The fourth-order valence-electron chi connectivity index (χ4n) is 1.92. The topological polar surface area (TPSA) is 42.2 Å². The highest BCUT2D eigenvalue weighted by Crippen LogP contribution is 2.35. The van der Waals surface area contributed by atoms with Gasteiger partial charge in [-0.15, -0.1) is 0 Å². The van der Waals surface area contributed by atoms with Crippen LogP contribution in [0.25, 0.3) is 0 Å². The molecule has 3 nitrogen and oxygen atoms in total. The first-order valence-corrected chi connectivity index (χ1v) is 6.15. The van der Waals surface area contributed by atoms with E-state index in [0.717, 1.165) is 5.56 Å². The normalized spacial score (nSPS) is 11.5. The highest BCUT2D eigenvalue weighted by Gasteiger charge is 2.17.